The number of ether oxygens (including phenoxy) is 1. The van der Waals surface area contributed by atoms with Crippen molar-refractivity contribution in [2.75, 3.05) is 7.11 Å². The molecule has 0 atom stereocenters. The maximum Gasteiger partial charge on any atom is 0.118 e. The zero-order valence-electron chi connectivity index (χ0n) is 24.6. The molecule has 0 saturated heterocycles. The Bertz CT molecular complexity index is 1410. The molecule has 0 unspecified atom stereocenters. The highest BCUT2D eigenvalue weighted by atomic mass is 16.5. The zero-order valence-corrected chi connectivity index (χ0v) is 24.6. The second-order valence-corrected chi connectivity index (χ2v) is 11.9. The summed E-state index contributed by atoms with van der Waals surface area (Å²) >= 11 is 0. The quantitative estimate of drug-likeness (QED) is 0.200. The van der Waals surface area contributed by atoms with Gasteiger partial charge in [0, 0.05) is 0 Å². The lowest BCUT2D eigenvalue weighted by molar-refractivity contribution is 0.414. The van der Waals surface area contributed by atoms with Gasteiger partial charge in [0.15, 0.2) is 0 Å². The molecule has 0 radical (unpaired) electrons. The molecule has 0 N–H and O–H groups in total. The number of hydrogen-bond acceptors (Lipinski definition) is 1. The van der Waals surface area contributed by atoms with Gasteiger partial charge in [0.05, 0.1) is 7.11 Å². The number of fused-ring (bicyclic) bond motifs is 2. The fourth-order valence-electron chi connectivity index (χ4n) is 5.94. The SMILES string of the molecule is COc1ccc(C(Cc2ccc(C(C)C)cc3c(C)ccc2-3)Cc2ccc(C(C)C)cc3c(C)ccc2-3)cc1. The molecule has 4 aliphatic carbocycles. The summed E-state index contributed by atoms with van der Waals surface area (Å²) in [5.74, 6) is 2.23. The Balaban J connectivity index is 1.61. The van der Waals surface area contributed by atoms with E-state index in [-0.39, 0.29) is 0 Å². The number of rotatable bonds is 8. The fourth-order valence-corrected chi connectivity index (χ4v) is 5.94. The van der Waals surface area contributed by atoms with Crippen LogP contribution in [0.1, 0.15) is 84.4 Å². The molecule has 0 saturated carbocycles. The summed E-state index contributed by atoms with van der Waals surface area (Å²) in [6.07, 6.45) is 1.96. The van der Waals surface area contributed by atoms with Crippen LogP contribution in [0.5, 0.6) is 5.75 Å². The molecule has 0 spiro atoms. The van der Waals surface area contributed by atoms with Crippen molar-refractivity contribution in [1.82, 2.24) is 0 Å². The van der Waals surface area contributed by atoms with E-state index in [4.69, 9.17) is 4.74 Å². The maximum atomic E-state index is 5.50. The van der Waals surface area contributed by atoms with Gasteiger partial charge in [-0.3, -0.25) is 0 Å². The highest BCUT2D eigenvalue weighted by Crippen LogP contribution is 2.39. The molecule has 0 fully saturated rings. The van der Waals surface area contributed by atoms with Crippen molar-refractivity contribution < 1.29 is 4.74 Å². The lowest BCUT2D eigenvalue weighted by Gasteiger charge is -2.20. The normalized spacial score (nSPS) is 11.8. The predicted molar refractivity (Wildman–Crippen MR) is 167 cm³/mol. The van der Waals surface area contributed by atoms with Crippen molar-refractivity contribution in [1.29, 1.82) is 0 Å². The summed E-state index contributed by atoms with van der Waals surface area (Å²) in [5.41, 5.74) is 15.2. The van der Waals surface area contributed by atoms with E-state index in [2.05, 4.69) is 126 Å². The summed E-state index contributed by atoms with van der Waals surface area (Å²) < 4.78 is 5.50. The highest BCUT2D eigenvalue weighted by Gasteiger charge is 2.21. The summed E-state index contributed by atoms with van der Waals surface area (Å²) in [5, 5.41) is 0. The average Bonchev–Trinajstić information content (AvgIpc) is 3.32. The van der Waals surface area contributed by atoms with Crippen LogP contribution in [-0.4, -0.2) is 7.11 Å². The first-order valence-electron chi connectivity index (χ1n) is 14.4. The van der Waals surface area contributed by atoms with Crippen LogP contribution < -0.4 is 4.74 Å². The lowest BCUT2D eigenvalue weighted by atomic mass is 9.84. The van der Waals surface area contributed by atoms with Crippen LogP contribution >= 0.6 is 0 Å². The molecule has 200 valence electrons. The maximum absolute atomic E-state index is 5.50. The molecule has 1 nitrogen and oxygen atoms in total. The topological polar surface area (TPSA) is 9.23 Å². The van der Waals surface area contributed by atoms with Crippen LogP contribution in [0.2, 0.25) is 0 Å². The van der Waals surface area contributed by atoms with Gasteiger partial charge in [0.25, 0.3) is 0 Å². The summed E-state index contributed by atoms with van der Waals surface area (Å²) in [6.45, 7) is 13.6. The molecule has 1 aromatic carbocycles. The van der Waals surface area contributed by atoms with Gasteiger partial charge in [0.1, 0.15) is 5.75 Å². The van der Waals surface area contributed by atoms with Gasteiger partial charge in [-0.1, -0.05) is 100 Å². The lowest BCUT2D eigenvalue weighted by Crippen LogP contribution is -2.08. The Hall–Kier alpha value is -3.58. The number of hydrogen-bond donors (Lipinski definition) is 0. The van der Waals surface area contributed by atoms with E-state index < -0.39 is 0 Å². The molecular weight excluding hydrogens is 472 g/mol. The Kier molecular flexibility index (Phi) is 7.80. The van der Waals surface area contributed by atoms with E-state index in [0.29, 0.717) is 17.8 Å². The Morgan fingerprint density at radius 3 is 1.36 bits per heavy atom. The standard InChI is InChI=1S/C38H42O/c1-24(2)29-10-12-31(35-18-8-26(5)37(35)22-29)20-33(28-14-16-34(39-7)17-15-28)21-32-13-11-30(25(3)4)23-38-27(6)9-19-36(32)38/h8-19,22-25,33H,20-21H2,1-7H3. The third-order valence-electron chi connectivity index (χ3n) is 8.55. The predicted octanol–water partition coefficient (Wildman–Crippen LogP) is 10.3. The summed E-state index contributed by atoms with van der Waals surface area (Å²) in [7, 11) is 1.74. The summed E-state index contributed by atoms with van der Waals surface area (Å²) in [4.78, 5) is 0. The summed E-state index contributed by atoms with van der Waals surface area (Å²) in [6, 6.07) is 32.2. The zero-order chi connectivity index (χ0) is 27.7. The molecule has 39 heavy (non-hydrogen) atoms. The van der Waals surface area contributed by atoms with Crippen LogP contribution in [0, 0.1) is 13.8 Å². The Labute approximate surface area is 235 Å². The minimum Gasteiger partial charge on any atom is -0.497 e. The molecule has 5 rings (SSSR count). The Morgan fingerprint density at radius 2 is 0.949 bits per heavy atom. The fraction of sp³-hybridized carbons (Fsp3) is 0.316. The van der Waals surface area contributed by atoms with Crippen LogP contribution in [0.25, 0.3) is 22.3 Å². The molecule has 1 aromatic rings. The average molecular weight is 515 g/mol. The van der Waals surface area contributed by atoms with Crippen molar-refractivity contribution in [3.05, 3.63) is 124 Å². The smallest absolute Gasteiger partial charge is 0.118 e. The van der Waals surface area contributed by atoms with Gasteiger partial charge in [-0.25, -0.2) is 0 Å². The van der Waals surface area contributed by atoms with Crippen molar-refractivity contribution >= 4 is 0 Å². The minimum atomic E-state index is 0.336. The van der Waals surface area contributed by atoms with Crippen molar-refractivity contribution in [3.63, 3.8) is 0 Å². The van der Waals surface area contributed by atoms with E-state index in [1.165, 1.54) is 61.2 Å². The van der Waals surface area contributed by atoms with Gasteiger partial charge < -0.3 is 4.74 Å². The first kappa shape index (κ1) is 27.0. The molecule has 0 amide bonds. The van der Waals surface area contributed by atoms with Crippen molar-refractivity contribution in [2.24, 2.45) is 0 Å². The first-order valence-corrected chi connectivity index (χ1v) is 14.4. The third kappa shape index (κ3) is 5.59. The molecule has 4 aliphatic rings. The van der Waals surface area contributed by atoms with E-state index >= 15 is 0 Å². The highest BCUT2D eigenvalue weighted by molar-refractivity contribution is 5.75. The van der Waals surface area contributed by atoms with Crippen molar-refractivity contribution in [3.8, 4) is 28.0 Å². The second-order valence-electron chi connectivity index (χ2n) is 11.9. The van der Waals surface area contributed by atoms with Gasteiger partial charge in [0.2, 0.25) is 0 Å². The Morgan fingerprint density at radius 1 is 0.513 bits per heavy atom. The van der Waals surface area contributed by atoms with Crippen LogP contribution in [0.15, 0.2) is 84.9 Å². The van der Waals surface area contributed by atoms with Gasteiger partial charge in [-0.15, -0.1) is 0 Å². The van der Waals surface area contributed by atoms with E-state index in [0.717, 1.165) is 18.6 Å². The molecule has 0 aromatic heterocycles. The largest absolute Gasteiger partial charge is 0.497 e. The van der Waals surface area contributed by atoms with Gasteiger partial charge >= 0.3 is 0 Å². The molecule has 1 heteroatoms. The number of methoxy groups -OCH3 is 1. The monoisotopic (exact) mass is 514 g/mol. The molecular formula is C38H42O. The van der Waals surface area contributed by atoms with E-state index in [9.17, 15) is 0 Å². The number of aryl methyl sites for hydroxylation is 2. The van der Waals surface area contributed by atoms with Crippen LogP contribution in [0.3, 0.4) is 0 Å². The second kappa shape index (κ2) is 11.3. The molecule has 0 bridgehead atoms. The third-order valence-corrected chi connectivity index (χ3v) is 8.55. The minimum absolute atomic E-state index is 0.336. The molecule has 0 aliphatic heterocycles. The van der Waals surface area contributed by atoms with Crippen molar-refractivity contribution in [2.45, 2.75) is 72.1 Å². The van der Waals surface area contributed by atoms with E-state index in [1.54, 1.807) is 7.11 Å². The molecule has 0 heterocycles. The van der Waals surface area contributed by atoms with Crippen LogP contribution in [-0.2, 0) is 12.8 Å². The van der Waals surface area contributed by atoms with E-state index in [1.807, 2.05) is 0 Å². The van der Waals surface area contributed by atoms with Gasteiger partial charge in [-0.2, -0.15) is 0 Å². The first-order chi connectivity index (χ1) is 18.7. The van der Waals surface area contributed by atoms with Crippen LogP contribution in [0.4, 0.5) is 0 Å². The number of benzene rings is 1. The van der Waals surface area contributed by atoms with Gasteiger partial charge in [-0.05, 0) is 118 Å².